The van der Waals surface area contributed by atoms with Gasteiger partial charge in [-0.1, -0.05) is 182 Å². The van der Waals surface area contributed by atoms with Crippen LogP contribution in [-0.4, -0.2) is 0 Å². The average molecular weight is 638 g/mol. The Balaban J connectivity index is 1.36. The fourth-order valence-corrected chi connectivity index (χ4v) is 7.91. The van der Waals surface area contributed by atoms with E-state index in [1.165, 1.54) is 54.6 Å². The van der Waals surface area contributed by atoms with Crippen molar-refractivity contribution in [1.29, 1.82) is 0 Å². The first-order valence-corrected chi connectivity index (χ1v) is 17.3. The normalized spacial score (nSPS) is 11.6. The quantitative estimate of drug-likeness (QED) is 0.124. The summed E-state index contributed by atoms with van der Waals surface area (Å²) in [4.78, 5) is 2.45. The second-order valence-electron chi connectivity index (χ2n) is 12.9. The molecule has 9 aromatic rings. The van der Waals surface area contributed by atoms with E-state index >= 15 is 0 Å². The fraction of sp³-hybridized carbons (Fsp3) is 0.0204. The summed E-state index contributed by atoms with van der Waals surface area (Å²) in [5.41, 5.74) is 7.69. The topological polar surface area (TPSA) is 3.24 Å². The highest BCUT2D eigenvalue weighted by molar-refractivity contribution is 6.14. The summed E-state index contributed by atoms with van der Waals surface area (Å²) in [6.45, 7) is 0. The van der Waals surface area contributed by atoms with E-state index in [1.54, 1.807) is 0 Å². The van der Waals surface area contributed by atoms with E-state index in [9.17, 15) is 0 Å². The molecule has 0 spiro atoms. The highest BCUT2D eigenvalue weighted by Crippen LogP contribution is 2.48. The standard InChI is InChI=1S/C49H35N/c1-4-20-39(21-5-1)49(40-22-6-2-7-23-40,41-24-8-3-9-25-41)42-26-16-27-43(35-42)50(44-32-31-36-17-10-11-18-37(36)33-44)48-34-38-19-12-13-28-45(38)46-29-14-15-30-47(46)48/h1-35H. The molecule has 0 N–H and O–H groups in total. The van der Waals surface area contributed by atoms with Gasteiger partial charge < -0.3 is 4.90 Å². The molecule has 0 saturated carbocycles. The molecule has 0 aliphatic carbocycles. The monoisotopic (exact) mass is 637 g/mol. The summed E-state index contributed by atoms with van der Waals surface area (Å²) < 4.78 is 0. The molecule has 1 heteroatoms. The molecule has 0 aliphatic heterocycles. The van der Waals surface area contributed by atoms with Crippen LogP contribution in [0, 0.1) is 0 Å². The van der Waals surface area contributed by atoms with Gasteiger partial charge in [0.25, 0.3) is 0 Å². The van der Waals surface area contributed by atoms with Crippen molar-refractivity contribution in [3.8, 4) is 0 Å². The van der Waals surface area contributed by atoms with Gasteiger partial charge in [0, 0.05) is 16.8 Å². The van der Waals surface area contributed by atoms with Crippen molar-refractivity contribution >= 4 is 49.4 Å². The predicted octanol–water partition coefficient (Wildman–Crippen LogP) is 13.0. The molecule has 0 bridgehead atoms. The summed E-state index contributed by atoms with van der Waals surface area (Å²) >= 11 is 0. The third-order valence-corrected chi connectivity index (χ3v) is 10.1. The SMILES string of the molecule is c1ccc(C(c2ccccc2)(c2ccccc2)c2cccc(N(c3ccc4ccccc4c3)c3cc4ccccc4c4ccccc34)c2)cc1. The molecule has 0 unspecified atom stereocenters. The van der Waals surface area contributed by atoms with Crippen LogP contribution in [0.4, 0.5) is 17.1 Å². The van der Waals surface area contributed by atoms with E-state index < -0.39 is 5.41 Å². The Morgan fingerprint density at radius 1 is 0.280 bits per heavy atom. The van der Waals surface area contributed by atoms with Crippen molar-refractivity contribution in [2.24, 2.45) is 0 Å². The van der Waals surface area contributed by atoms with Gasteiger partial charge in [0.1, 0.15) is 0 Å². The summed E-state index contributed by atoms with van der Waals surface area (Å²) in [5, 5.41) is 7.37. The van der Waals surface area contributed by atoms with Crippen LogP contribution in [0.3, 0.4) is 0 Å². The molecule has 9 rings (SSSR count). The first-order chi connectivity index (χ1) is 24.8. The number of hydrogen-bond donors (Lipinski definition) is 0. The highest BCUT2D eigenvalue weighted by atomic mass is 15.1. The van der Waals surface area contributed by atoms with Crippen LogP contribution < -0.4 is 4.90 Å². The third-order valence-electron chi connectivity index (χ3n) is 10.1. The number of rotatable bonds is 7. The zero-order chi connectivity index (χ0) is 33.3. The molecule has 0 aromatic heterocycles. The van der Waals surface area contributed by atoms with Crippen molar-refractivity contribution < 1.29 is 0 Å². The minimum absolute atomic E-state index is 0.555. The van der Waals surface area contributed by atoms with Crippen molar-refractivity contribution in [3.63, 3.8) is 0 Å². The second kappa shape index (κ2) is 12.5. The minimum Gasteiger partial charge on any atom is -0.310 e. The summed E-state index contributed by atoms with van der Waals surface area (Å²) in [5.74, 6) is 0. The van der Waals surface area contributed by atoms with Gasteiger partial charge in [0.15, 0.2) is 0 Å². The lowest BCUT2D eigenvalue weighted by Gasteiger charge is -2.38. The van der Waals surface area contributed by atoms with E-state index in [2.05, 4.69) is 217 Å². The van der Waals surface area contributed by atoms with Crippen LogP contribution in [0.25, 0.3) is 32.3 Å². The van der Waals surface area contributed by atoms with Gasteiger partial charge in [0.2, 0.25) is 0 Å². The lowest BCUT2D eigenvalue weighted by Crippen LogP contribution is -2.31. The lowest BCUT2D eigenvalue weighted by atomic mass is 9.65. The summed E-state index contributed by atoms with van der Waals surface area (Å²) in [6.07, 6.45) is 0. The van der Waals surface area contributed by atoms with Gasteiger partial charge in [-0.3, -0.25) is 0 Å². The van der Waals surface area contributed by atoms with E-state index in [4.69, 9.17) is 0 Å². The zero-order valence-electron chi connectivity index (χ0n) is 27.7. The Kier molecular flexibility index (Phi) is 7.44. The molecule has 1 nitrogen and oxygen atoms in total. The largest absolute Gasteiger partial charge is 0.310 e. The molecule has 0 saturated heterocycles. The molecule has 236 valence electrons. The number of hydrogen-bond acceptors (Lipinski definition) is 1. The first-order valence-electron chi connectivity index (χ1n) is 17.3. The number of nitrogens with zero attached hydrogens (tertiary/aromatic N) is 1. The smallest absolute Gasteiger partial charge is 0.0702 e. The Labute approximate surface area is 293 Å². The minimum atomic E-state index is -0.555. The van der Waals surface area contributed by atoms with Crippen molar-refractivity contribution in [1.82, 2.24) is 0 Å². The molecule has 0 radical (unpaired) electrons. The van der Waals surface area contributed by atoms with Crippen LogP contribution in [0.1, 0.15) is 22.3 Å². The van der Waals surface area contributed by atoms with Crippen molar-refractivity contribution in [2.45, 2.75) is 5.41 Å². The Hall–Kier alpha value is -6.44. The Bertz CT molecular complexity index is 2490. The first kappa shape index (κ1) is 29.7. The van der Waals surface area contributed by atoms with Gasteiger partial charge in [-0.15, -0.1) is 0 Å². The Morgan fingerprint density at radius 3 is 1.40 bits per heavy atom. The molecule has 0 fully saturated rings. The fourth-order valence-electron chi connectivity index (χ4n) is 7.91. The molecule has 50 heavy (non-hydrogen) atoms. The molecule has 0 atom stereocenters. The van der Waals surface area contributed by atoms with E-state index in [0.717, 1.165) is 17.1 Å². The second-order valence-corrected chi connectivity index (χ2v) is 12.9. The van der Waals surface area contributed by atoms with Crippen molar-refractivity contribution in [2.75, 3.05) is 4.90 Å². The lowest BCUT2D eigenvalue weighted by molar-refractivity contribution is 0.745. The molecule has 0 amide bonds. The number of fused-ring (bicyclic) bond motifs is 4. The van der Waals surface area contributed by atoms with Crippen LogP contribution in [0.15, 0.2) is 212 Å². The van der Waals surface area contributed by atoms with E-state index in [0.29, 0.717) is 0 Å². The summed E-state index contributed by atoms with van der Waals surface area (Å²) in [7, 11) is 0. The van der Waals surface area contributed by atoms with Gasteiger partial charge in [-0.2, -0.15) is 0 Å². The van der Waals surface area contributed by atoms with Gasteiger partial charge >= 0.3 is 0 Å². The molecule has 0 heterocycles. The summed E-state index contributed by atoms with van der Waals surface area (Å²) in [6, 6.07) is 77.4. The molecule has 9 aromatic carbocycles. The maximum absolute atomic E-state index is 2.45. The highest BCUT2D eigenvalue weighted by Gasteiger charge is 2.38. The van der Waals surface area contributed by atoms with Crippen LogP contribution in [0.2, 0.25) is 0 Å². The van der Waals surface area contributed by atoms with Crippen LogP contribution in [-0.2, 0) is 5.41 Å². The maximum atomic E-state index is 2.45. The van der Waals surface area contributed by atoms with E-state index in [-0.39, 0.29) is 0 Å². The molecule has 0 aliphatic rings. The predicted molar refractivity (Wildman–Crippen MR) is 212 cm³/mol. The van der Waals surface area contributed by atoms with E-state index in [1.807, 2.05) is 0 Å². The molecular weight excluding hydrogens is 603 g/mol. The number of anilines is 3. The van der Waals surface area contributed by atoms with Gasteiger partial charge in [0.05, 0.1) is 11.1 Å². The van der Waals surface area contributed by atoms with Gasteiger partial charge in [-0.05, 0) is 79.5 Å². The van der Waals surface area contributed by atoms with Crippen LogP contribution >= 0.6 is 0 Å². The maximum Gasteiger partial charge on any atom is 0.0702 e. The number of benzene rings is 9. The molecular formula is C49H35N. The average Bonchev–Trinajstić information content (AvgIpc) is 3.20. The van der Waals surface area contributed by atoms with Crippen molar-refractivity contribution in [3.05, 3.63) is 235 Å². The third kappa shape index (κ3) is 4.95. The van der Waals surface area contributed by atoms with Crippen LogP contribution in [0.5, 0.6) is 0 Å². The Morgan fingerprint density at radius 2 is 0.760 bits per heavy atom. The zero-order valence-corrected chi connectivity index (χ0v) is 27.7. The van der Waals surface area contributed by atoms with Gasteiger partial charge in [-0.25, -0.2) is 0 Å².